The van der Waals surface area contributed by atoms with E-state index in [2.05, 4.69) is 44.2 Å². The van der Waals surface area contributed by atoms with Crippen molar-refractivity contribution in [1.29, 1.82) is 0 Å². The van der Waals surface area contributed by atoms with E-state index in [1.54, 1.807) is 0 Å². The molecular weight excluding hydrogens is 236 g/mol. The number of rotatable bonds is 8. The molecule has 0 N–H and O–H groups in total. The maximum absolute atomic E-state index is 5.90. The summed E-state index contributed by atoms with van der Waals surface area (Å²) in [6.45, 7) is 5.64. The standard InChI is InChI=1S/C17H24O2/c1-3-4-5-6-7-10-15-11-8-9-12-16(15)18-13-17(2)14-19-17/h3-4,8-9,11-12H,5-7,10,13-14H2,1-2H3/b4-3+. The van der Waals surface area contributed by atoms with Crippen LogP contribution >= 0.6 is 0 Å². The van der Waals surface area contributed by atoms with Crippen molar-refractivity contribution in [1.82, 2.24) is 0 Å². The van der Waals surface area contributed by atoms with Crippen LogP contribution < -0.4 is 4.74 Å². The average Bonchev–Trinajstić information content (AvgIpc) is 3.16. The first-order valence-electron chi connectivity index (χ1n) is 7.19. The Balaban J connectivity index is 1.81. The summed E-state index contributed by atoms with van der Waals surface area (Å²) in [4.78, 5) is 0. The zero-order valence-electron chi connectivity index (χ0n) is 12.0. The van der Waals surface area contributed by atoms with E-state index in [1.165, 1.54) is 24.8 Å². The Morgan fingerprint density at radius 3 is 2.84 bits per heavy atom. The van der Waals surface area contributed by atoms with Gasteiger partial charge in [0, 0.05) is 0 Å². The number of aryl methyl sites for hydroxylation is 1. The zero-order valence-corrected chi connectivity index (χ0v) is 12.0. The molecule has 0 aromatic heterocycles. The van der Waals surface area contributed by atoms with Gasteiger partial charge in [-0.1, -0.05) is 30.4 Å². The molecule has 1 aliphatic rings. The van der Waals surface area contributed by atoms with Crippen LogP contribution in [0.15, 0.2) is 36.4 Å². The Bertz CT molecular complexity index is 419. The fraction of sp³-hybridized carbons (Fsp3) is 0.529. The molecule has 2 rings (SSSR count). The minimum absolute atomic E-state index is 0.0426. The van der Waals surface area contributed by atoms with Gasteiger partial charge in [0.1, 0.15) is 18.0 Å². The molecule has 0 radical (unpaired) electrons. The van der Waals surface area contributed by atoms with Gasteiger partial charge < -0.3 is 9.47 Å². The highest BCUT2D eigenvalue weighted by Crippen LogP contribution is 2.28. The fourth-order valence-electron chi connectivity index (χ4n) is 2.03. The second kappa shape index (κ2) is 6.76. The Hall–Kier alpha value is -1.28. The van der Waals surface area contributed by atoms with Crippen molar-refractivity contribution >= 4 is 0 Å². The third-order valence-corrected chi connectivity index (χ3v) is 3.45. The van der Waals surface area contributed by atoms with Crippen molar-refractivity contribution in [3.05, 3.63) is 42.0 Å². The predicted molar refractivity (Wildman–Crippen MR) is 78.7 cm³/mol. The van der Waals surface area contributed by atoms with Gasteiger partial charge in [0.15, 0.2) is 0 Å². The van der Waals surface area contributed by atoms with Gasteiger partial charge in [-0.05, 0) is 51.2 Å². The molecule has 2 nitrogen and oxygen atoms in total. The second-order valence-corrected chi connectivity index (χ2v) is 5.45. The number of allylic oxidation sites excluding steroid dienone is 2. The molecule has 0 spiro atoms. The predicted octanol–water partition coefficient (Wildman–Crippen LogP) is 4.14. The highest BCUT2D eigenvalue weighted by atomic mass is 16.6. The van der Waals surface area contributed by atoms with E-state index in [-0.39, 0.29) is 5.60 Å². The molecular formula is C17H24O2. The van der Waals surface area contributed by atoms with Crippen LogP contribution in [0.1, 0.15) is 38.7 Å². The quantitative estimate of drug-likeness (QED) is 0.398. The van der Waals surface area contributed by atoms with Gasteiger partial charge in [-0.15, -0.1) is 0 Å². The van der Waals surface area contributed by atoms with Gasteiger partial charge >= 0.3 is 0 Å². The first-order valence-corrected chi connectivity index (χ1v) is 7.19. The van der Waals surface area contributed by atoms with Crippen LogP contribution in [0.25, 0.3) is 0 Å². The highest BCUT2D eigenvalue weighted by molar-refractivity contribution is 5.33. The third-order valence-electron chi connectivity index (χ3n) is 3.45. The second-order valence-electron chi connectivity index (χ2n) is 5.45. The molecule has 1 aromatic rings. The monoisotopic (exact) mass is 260 g/mol. The molecule has 0 amide bonds. The number of hydrogen-bond acceptors (Lipinski definition) is 2. The summed E-state index contributed by atoms with van der Waals surface area (Å²) in [5, 5.41) is 0. The molecule has 1 fully saturated rings. The van der Waals surface area contributed by atoms with Crippen molar-refractivity contribution in [2.45, 2.75) is 45.1 Å². The SMILES string of the molecule is C/C=C/CCCCc1ccccc1OCC1(C)CO1. The van der Waals surface area contributed by atoms with Gasteiger partial charge in [0.25, 0.3) is 0 Å². The molecule has 0 bridgehead atoms. The molecule has 1 unspecified atom stereocenters. The normalized spacial score (nSPS) is 21.8. The maximum Gasteiger partial charge on any atom is 0.123 e. The van der Waals surface area contributed by atoms with E-state index in [9.17, 15) is 0 Å². The molecule has 1 saturated heterocycles. The first kappa shape index (κ1) is 14.1. The number of para-hydroxylation sites is 1. The Morgan fingerprint density at radius 2 is 2.11 bits per heavy atom. The zero-order chi connectivity index (χ0) is 13.6. The molecule has 0 saturated carbocycles. The summed E-state index contributed by atoms with van der Waals surface area (Å²) >= 11 is 0. The van der Waals surface area contributed by atoms with Crippen LogP contribution in [-0.4, -0.2) is 18.8 Å². The van der Waals surface area contributed by atoms with Gasteiger partial charge in [-0.25, -0.2) is 0 Å². The van der Waals surface area contributed by atoms with Gasteiger partial charge in [0.2, 0.25) is 0 Å². The van der Waals surface area contributed by atoms with Crippen LogP contribution in [0.2, 0.25) is 0 Å². The van der Waals surface area contributed by atoms with Crippen molar-refractivity contribution in [2.75, 3.05) is 13.2 Å². The molecule has 1 atom stereocenters. The number of benzene rings is 1. The van der Waals surface area contributed by atoms with E-state index in [0.717, 1.165) is 18.8 Å². The van der Waals surface area contributed by atoms with Crippen molar-refractivity contribution in [2.24, 2.45) is 0 Å². The molecule has 1 aromatic carbocycles. The number of unbranched alkanes of at least 4 members (excludes halogenated alkanes) is 2. The van der Waals surface area contributed by atoms with Crippen molar-refractivity contribution in [3.8, 4) is 5.75 Å². The molecule has 1 heterocycles. The van der Waals surface area contributed by atoms with Crippen LogP contribution in [0, 0.1) is 0 Å². The van der Waals surface area contributed by atoms with Gasteiger partial charge in [0.05, 0.1) is 6.61 Å². The Morgan fingerprint density at radius 1 is 1.32 bits per heavy atom. The Labute approximate surface area is 116 Å². The summed E-state index contributed by atoms with van der Waals surface area (Å²) in [7, 11) is 0. The molecule has 2 heteroatoms. The lowest BCUT2D eigenvalue weighted by Crippen LogP contribution is -2.17. The third kappa shape index (κ3) is 4.71. The molecule has 0 aliphatic carbocycles. The van der Waals surface area contributed by atoms with Crippen LogP contribution in [-0.2, 0) is 11.2 Å². The van der Waals surface area contributed by atoms with Gasteiger partial charge in [-0.2, -0.15) is 0 Å². The molecule has 104 valence electrons. The summed E-state index contributed by atoms with van der Waals surface area (Å²) < 4.78 is 11.3. The fourth-order valence-corrected chi connectivity index (χ4v) is 2.03. The molecule has 19 heavy (non-hydrogen) atoms. The Kier molecular flexibility index (Phi) is 5.03. The van der Waals surface area contributed by atoms with E-state index in [4.69, 9.17) is 9.47 Å². The largest absolute Gasteiger partial charge is 0.490 e. The minimum atomic E-state index is -0.0426. The lowest BCUT2D eigenvalue weighted by atomic mass is 10.1. The van der Waals surface area contributed by atoms with Crippen LogP contribution in [0.4, 0.5) is 0 Å². The minimum Gasteiger partial charge on any atom is -0.490 e. The van der Waals surface area contributed by atoms with Gasteiger partial charge in [-0.3, -0.25) is 0 Å². The summed E-state index contributed by atoms with van der Waals surface area (Å²) in [6.07, 6.45) is 9.05. The lowest BCUT2D eigenvalue weighted by Gasteiger charge is -2.13. The number of hydrogen-bond donors (Lipinski definition) is 0. The van der Waals surface area contributed by atoms with Crippen molar-refractivity contribution < 1.29 is 9.47 Å². The topological polar surface area (TPSA) is 21.8 Å². The van der Waals surface area contributed by atoms with E-state index >= 15 is 0 Å². The summed E-state index contributed by atoms with van der Waals surface area (Å²) in [6, 6.07) is 8.35. The molecule has 1 aliphatic heterocycles. The lowest BCUT2D eigenvalue weighted by molar-refractivity contribution is 0.201. The van der Waals surface area contributed by atoms with Crippen LogP contribution in [0.3, 0.4) is 0 Å². The van der Waals surface area contributed by atoms with E-state index in [1.807, 2.05) is 6.07 Å². The number of ether oxygens (including phenoxy) is 2. The smallest absolute Gasteiger partial charge is 0.123 e. The first-order chi connectivity index (χ1) is 9.23. The maximum atomic E-state index is 5.90. The van der Waals surface area contributed by atoms with Crippen LogP contribution in [0.5, 0.6) is 5.75 Å². The average molecular weight is 260 g/mol. The van der Waals surface area contributed by atoms with E-state index in [0.29, 0.717) is 6.61 Å². The summed E-state index contributed by atoms with van der Waals surface area (Å²) in [5.74, 6) is 1.02. The summed E-state index contributed by atoms with van der Waals surface area (Å²) in [5.41, 5.74) is 1.27. The highest BCUT2D eigenvalue weighted by Gasteiger charge is 2.40. The van der Waals surface area contributed by atoms with E-state index < -0.39 is 0 Å². The van der Waals surface area contributed by atoms with Crippen molar-refractivity contribution in [3.63, 3.8) is 0 Å². The number of epoxide rings is 1.